The van der Waals surface area contributed by atoms with E-state index in [4.69, 9.17) is 10.5 Å². The summed E-state index contributed by atoms with van der Waals surface area (Å²) in [6.45, 7) is 1.88. The van der Waals surface area contributed by atoms with E-state index in [1.807, 2.05) is 25.1 Å². The highest BCUT2D eigenvalue weighted by molar-refractivity contribution is 5.91. The Labute approximate surface area is 159 Å². The monoisotopic (exact) mass is 378 g/mol. The number of H-pyrrole nitrogens is 2. The molecule has 0 aliphatic rings. The number of hydrogen-bond acceptors (Lipinski definition) is 6. The zero-order valence-electron chi connectivity index (χ0n) is 15.3. The topological polar surface area (TPSA) is 140 Å². The molecule has 2 aromatic heterocycles. The number of nitrogens with one attached hydrogen (secondary N) is 2. The molecule has 4 N–H and O–H groups in total. The average molecular weight is 378 g/mol. The molecule has 0 saturated carbocycles. The van der Waals surface area contributed by atoms with Gasteiger partial charge in [-0.25, -0.2) is 0 Å². The smallest absolute Gasteiger partial charge is 0.259 e. The average Bonchev–Trinajstić information content (AvgIpc) is 3.20. The number of nitrogens with zero attached hydrogens (tertiary/aromatic N) is 3. The fourth-order valence-electron chi connectivity index (χ4n) is 2.76. The predicted molar refractivity (Wildman–Crippen MR) is 105 cm³/mol. The predicted octanol–water partition coefficient (Wildman–Crippen LogP) is 1.76. The summed E-state index contributed by atoms with van der Waals surface area (Å²) in [6, 6.07) is 7.04. The molecule has 0 saturated heterocycles. The highest BCUT2D eigenvalue weighted by Gasteiger charge is 2.13. The first-order valence-corrected chi connectivity index (χ1v) is 8.33. The van der Waals surface area contributed by atoms with Crippen molar-refractivity contribution in [3.05, 3.63) is 57.9 Å². The number of rotatable bonds is 6. The molecule has 3 aromatic rings. The second-order valence-electron chi connectivity index (χ2n) is 5.77. The molecule has 28 heavy (non-hydrogen) atoms. The van der Waals surface area contributed by atoms with E-state index in [2.05, 4.69) is 25.6 Å². The standard InChI is InChI=1S/C19H18N6O3/c1-3-4-11-9-13(10-12(17(11)28-2)5-8-16(20)26)15-7-6-14(19(27)21-15)18-22-24-25-23-18/h3-10H,1-2H3,(H2,20,26)(H,21,27)(H,22,23,24,25)/b4-3+,8-5+. The van der Waals surface area contributed by atoms with Gasteiger partial charge in [-0.2, -0.15) is 5.21 Å². The number of ether oxygens (including phenoxy) is 1. The number of hydrogen-bond donors (Lipinski definition) is 3. The normalized spacial score (nSPS) is 11.4. The van der Waals surface area contributed by atoms with Gasteiger partial charge in [0.05, 0.1) is 12.7 Å². The second kappa shape index (κ2) is 8.12. The molecule has 0 spiro atoms. The number of methoxy groups -OCH3 is 1. The van der Waals surface area contributed by atoms with E-state index in [1.165, 1.54) is 6.08 Å². The number of nitrogens with two attached hydrogens (primary N) is 1. The number of carbonyl (C=O) groups excluding carboxylic acids is 1. The Balaban J connectivity index is 2.14. The third-order valence-electron chi connectivity index (χ3n) is 3.93. The molecule has 0 aliphatic heterocycles. The Bertz CT molecular complexity index is 1110. The third-order valence-corrected chi connectivity index (χ3v) is 3.93. The van der Waals surface area contributed by atoms with Crippen LogP contribution < -0.4 is 16.0 Å². The van der Waals surface area contributed by atoms with Crippen molar-refractivity contribution in [2.24, 2.45) is 5.73 Å². The lowest BCUT2D eigenvalue weighted by Gasteiger charge is -2.12. The summed E-state index contributed by atoms with van der Waals surface area (Å²) < 4.78 is 5.49. The van der Waals surface area contributed by atoms with Crippen molar-refractivity contribution in [2.75, 3.05) is 7.11 Å². The summed E-state index contributed by atoms with van der Waals surface area (Å²) in [7, 11) is 1.55. The van der Waals surface area contributed by atoms with Gasteiger partial charge in [0.1, 0.15) is 5.75 Å². The van der Waals surface area contributed by atoms with Crippen LogP contribution in [-0.4, -0.2) is 38.6 Å². The number of aromatic nitrogens is 5. The summed E-state index contributed by atoms with van der Waals surface area (Å²) in [5, 5.41) is 13.4. The molecule has 9 nitrogen and oxygen atoms in total. The van der Waals surface area contributed by atoms with Gasteiger partial charge >= 0.3 is 0 Å². The van der Waals surface area contributed by atoms with Crippen molar-refractivity contribution in [3.63, 3.8) is 0 Å². The van der Waals surface area contributed by atoms with Crippen LogP contribution in [0, 0.1) is 0 Å². The van der Waals surface area contributed by atoms with Crippen LogP contribution in [0.4, 0.5) is 0 Å². The number of amides is 1. The van der Waals surface area contributed by atoms with Gasteiger partial charge in [-0.1, -0.05) is 12.2 Å². The third kappa shape index (κ3) is 3.88. The zero-order chi connectivity index (χ0) is 20.1. The van der Waals surface area contributed by atoms with Crippen molar-refractivity contribution in [1.82, 2.24) is 25.6 Å². The van der Waals surface area contributed by atoms with E-state index in [0.29, 0.717) is 22.6 Å². The van der Waals surface area contributed by atoms with Crippen molar-refractivity contribution in [1.29, 1.82) is 0 Å². The first kappa shape index (κ1) is 18.8. The minimum absolute atomic E-state index is 0.210. The van der Waals surface area contributed by atoms with Gasteiger partial charge in [-0.3, -0.25) is 9.59 Å². The molecule has 0 unspecified atom stereocenters. The first-order valence-electron chi connectivity index (χ1n) is 8.33. The van der Waals surface area contributed by atoms with Crippen molar-refractivity contribution in [3.8, 4) is 28.4 Å². The van der Waals surface area contributed by atoms with Crippen LogP contribution in [0.1, 0.15) is 18.1 Å². The molecule has 2 heterocycles. The Kier molecular flexibility index (Phi) is 5.45. The van der Waals surface area contributed by atoms with Crippen LogP contribution in [-0.2, 0) is 4.79 Å². The fourth-order valence-corrected chi connectivity index (χ4v) is 2.76. The molecule has 0 atom stereocenters. The maximum absolute atomic E-state index is 12.5. The summed E-state index contributed by atoms with van der Waals surface area (Å²) in [5.41, 5.74) is 7.91. The Morgan fingerprint density at radius 3 is 2.54 bits per heavy atom. The SMILES string of the molecule is C/C=C/c1cc(-c2ccc(-c3nn[nH]n3)c(=O)[nH]2)cc(/C=C/C(N)=O)c1OC. The lowest BCUT2D eigenvalue weighted by Crippen LogP contribution is -2.10. The van der Waals surface area contributed by atoms with Gasteiger partial charge in [0.15, 0.2) is 0 Å². The van der Waals surface area contributed by atoms with Gasteiger partial charge in [0, 0.05) is 22.9 Å². The van der Waals surface area contributed by atoms with E-state index in [9.17, 15) is 9.59 Å². The maximum Gasteiger partial charge on any atom is 0.259 e. The molecule has 1 aromatic carbocycles. The molecule has 0 fully saturated rings. The van der Waals surface area contributed by atoms with E-state index >= 15 is 0 Å². The van der Waals surface area contributed by atoms with Gasteiger partial charge < -0.3 is 15.5 Å². The molecule has 0 bridgehead atoms. The quantitative estimate of drug-likeness (QED) is 0.558. The number of primary amides is 1. The Hall–Kier alpha value is -4.01. The summed E-state index contributed by atoms with van der Waals surface area (Å²) in [5.74, 6) is 0.227. The minimum atomic E-state index is -0.571. The van der Waals surface area contributed by atoms with Gasteiger partial charge in [-0.15, -0.1) is 10.2 Å². The van der Waals surface area contributed by atoms with Crippen LogP contribution in [0.3, 0.4) is 0 Å². The van der Waals surface area contributed by atoms with Crippen LogP contribution in [0.25, 0.3) is 34.8 Å². The van der Waals surface area contributed by atoms with Crippen molar-refractivity contribution in [2.45, 2.75) is 6.92 Å². The number of tetrazole rings is 1. The largest absolute Gasteiger partial charge is 0.496 e. The van der Waals surface area contributed by atoms with Crippen LogP contribution in [0.2, 0.25) is 0 Å². The van der Waals surface area contributed by atoms with Crippen molar-refractivity contribution < 1.29 is 9.53 Å². The molecule has 1 amide bonds. The molecule has 0 radical (unpaired) electrons. The zero-order valence-corrected chi connectivity index (χ0v) is 15.3. The molecule has 142 valence electrons. The summed E-state index contributed by atoms with van der Waals surface area (Å²) in [4.78, 5) is 26.4. The molecule has 0 aliphatic carbocycles. The van der Waals surface area contributed by atoms with E-state index in [1.54, 1.807) is 31.4 Å². The van der Waals surface area contributed by atoms with E-state index in [0.717, 1.165) is 11.1 Å². The highest BCUT2D eigenvalue weighted by atomic mass is 16.5. The van der Waals surface area contributed by atoms with Crippen LogP contribution in [0.15, 0.2) is 41.2 Å². The van der Waals surface area contributed by atoms with E-state index < -0.39 is 5.91 Å². The summed E-state index contributed by atoms with van der Waals surface area (Å²) >= 11 is 0. The van der Waals surface area contributed by atoms with Gasteiger partial charge in [0.2, 0.25) is 11.7 Å². The maximum atomic E-state index is 12.5. The first-order chi connectivity index (χ1) is 13.5. The van der Waals surface area contributed by atoms with E-state index in [-0.39, 0.29) is 11.4 Å². The lowest BCUT2D eigenvalue weighted by atomic mass is 10.00. The number of benzene rings is 1. The molecule has 9 heteroatoms. The summed E-state index contributed by atoms with van der Waals surface area (Å²) in [6.07, 6.45) is 6.56. The number of aromatic amines is 2. The Morgan fingerprint density at radius 1 is 1.21 bits per heavy atom. The Morgan fingerprint density at radius 2 is 1.96 bits per heavy atom. The van der Waals surface area contributed by atoms with Crippen LogP contribution >= 0.6 is 0 Å². The van der Waals surface area contributed by atoms with Crippen molar-refractivity contribution >= 4 is 18.1 Å². The number of pyridine rings is 1. The lowest BCUT2D eigenvalue weighted by molar-refractivity contribution is -0.113. The second-order valence-corrected chi connectivity index (χ2v) is 5.77. The molecular formula is C19H18N6O3. The molecular weight excluding hydrogens is 360 g/mol. The van der Waals surface area contributed by atoms with Gasteiger partial charge in [0.25, 0.3) is 5.56 Å². The number of allylic oxidation sites excluding steroid dienone is 1. The van der Waals surface area contributed by atoms with Crippen LogP contribution in [0.5, 0.6) is 5.75 Å². The fraction of sp³-hybridized carbons (Fsp3) is 0.105. The van der Waals surface area contributed by atoms with Gasteiger partial charge in [-0.05, 0) is 48.0 Å². The molecule has 3 rings (SSSR count). The number of carbonyl (C=O) groups is 1. The minimum Gasteiger partial charge on any atom is -0.496 e. The highest BCUT2D eigenvalue weighted by Crippen LogP contribution is 2.32.